The molecule has 8 nitrogen and oxygen atoms in total. The first-order chi connectivity index (χ1) is 8.56. The van der Waals surface area contributed by atoms with Crippen molar-refractivity contribution >= 4 is 17.3 Å². The number of hydrogen-bond donors (Lipinski definition) is 2. The van der Waals surface area contributed by atoms with Crippen LogP contribution in [-0.4, -0.2) is 15.1 Å². The largest absolute Gasteiger partial charge is 0.384 e. The number of nitrogens with two attached hydrogens (primary N) is 1. The number of nitrogens with zero attached hydrogens (tertiary/aromatic N) is 3. The number of aromatic nitrogens is 2. The number of aryl methyl sites for hydroxylation is 1. The van der Waals surface area contributed by atoms with E-state index in [2.05, 4.69) is 15.5 Å². The van der Waals surface area contributed by atoms with Crippen LogP contribution < -0.4 is 11.1 Å². The Labute approximate surface area is 102 Å². The van der Waals surface area contributed by atoms with E-state index in [0.29, 0.717) is 11.5 Å². The van der Waals surface area contributed by atoms with E-state index in [4.69, 9.17) is 10.3 Å². The summed E-state index contributed by atoms with van der Waals surface area (Å²) in [4.78, 5) is 14.2. The molecule has 0 radical (unpaired) electrons. The number of rotatable bonds is 4. The lowest BCUT2D eigenvalue weighted by Gasteiger charge is -2.04. The van der Waals surface area contributed by atoms with Crippen LogP contribution in [0.25, 0.3) is 0 Å². The Kier molecular flexibility index (Phi) is 3.09. The summed E-state index contributed by atoms with van der Waals surface area (Å²) in [6, 6.07) is 4.41. The SMILES string of the molecule is Cc1cc(CNc2nc(N)ccc2[N+](=O)[O-])no1. The predicted molar refractivity (Wildman–Crippen MR) is 63.9 cm³/mol. The molecule has 94 valence electrons. The molecular weight excluding hydrogens is 238 g/mol. The molecule has 2 heterocycles. The van der Waals surface area contributed by atoms with Crippen LogP contribution in [0, 0.1) is 17.0 Å². The fourth-order valence-electron chi connectivity index (χ4n) is 1.42. The summed E-state index contributed by atoms with van der Waals surface area (Å²) in [5, 5.41) is 17.4. The van der Waals surface area contributed by atoms with Crippen molar-refractivity contribution < 1.29 is 9.45 Å². The minimum Gasteiger partial charge on any atom is -0.384 e. The van der Waals surface area contributed by atoms with Gasteiger partial charge in [-0.1, -0.05) is 5.16 Å². The zero-order chi connectivity index (χ0) is 13.1. The second kappa shape index (κ2) is 4.70. The molecule has 3 N–H and O–H groups in total. The quantitative estimate of drug-likeness (QED) is 0.621. The highest BCUT2D eigenvalue weighted by Crippen LogP contribution is 2.23. The van der Waals surface area contributed by atoms with Gasteiger partial charge in [0.1, 0.15) is 17.3 Å². The normalized spacial score (nSPS) is 10.3. The van der Waals surface area contributed by atoms with Crippen molar-refractivity contribution in [2.24, 2.45) is 0 Å². The Balaban J connectivity index is 2.17. The first-order valence-electron chi connectivity index (χ1n) is 5.13. The molecular formula is C10H11N5O3. The summed E-state index contributed by atoms with van der Waals surface area (Å²) >= 11 is 0. The third-order valence-electron chi connectivity index (χ3n) is 2.21. The minimum absolute atomic E-state index is 0.112. The minimum atomic E-state index is -0.525. The molecule has 0 saturated carbocycles. The van der Waals surface area contributed by atoms with Crippen LogP contribution in [0.1, 0.15) is 11.5 Å². The smallest absolute Gasteiger partial charge is 0.311 e. The van der Waals surface area contributed by atoms with Gasteiger partial charge < -0.3 is 15.6 Å². The number of pyridine rings is 1. The summed E-state index contributed by atoms with van der Waals surface area (Å²) in [5.74, 6) is 0.988. The van der Waals surface area contributed by atoms with E-state index in [1.807, 2.05) is 0 Å². The molecule has 2 rings (SSSR count). The van der Waals surface area contributed by atoms with Gasteiger partial charge in [-0.15, -0.1) is 0 Å². The Morgan fingerprint density at radius 3 is 2.94 bits per heavy atom. The van der Waals surface area contributed by atoms with Gasteiger partial charge in [0.05, 0.1) is 11.5 Å². The Morgan fingerprint density at radius 2 is 2.33 bits per heavy atom. The second-order valence-electron chi connectivity index (χ2n) is 3.64. The van der Waals surface area contributed by atoms with Crippen molar-refractivity contribution in [1.29, 1.82) is 0 Å². The molecule has 0 spiro atoms. The molecule has 18 heavy (non-hydrogen) atoms. The molecule has 0 aliphatic carbocycles. The van der Waals surface area contributed by atoms with Crippen molar-refractivity contribution in [2.75, 3.05) is 11.1 Å². The van der Waals surface area contributed by atoms with Crippen LogP contribution in [0.2, 0.25) is 0 Å². The number of nitrogens with one attached hydrogen (secondary N) is 1. The monoisotopic (exact) mass is 249 g/mol. The van der Waals surface area contributed by atoms with Crippen LogP contribution in [0.3, 0.4) is 0 Å². The maximum atomic E-state index is 10.8. The van der Waals surface area contributed by atoms with E-state index in [0.717, 1.165) is 0 Å². The van der Waals surface area contributed by atoms with Gasteiger partial charge in [0.2, 0.25) is 5.82 Å². The maximum absolute atomic E-state index is 10.8. The van der Waals surface area contributed by atoms with Crippen molar-refractivity contribution in [2.45, 2.75) is 13.5 Å². The van der Waals surface area contributed by atoms with Crippen LogP contribution >= 0.6 is 0 Å². The highest BCUT2D eigenvalue weighted by atomic mass is 16.6. The van der Waals surface area contributed by atoms with Gasteiger partial charge in [-0.3, -0.25) is 10.1 Å². The lowest BCUT2D eigenvalue weighted by atomic mass is 10.3. The van der Waals surface area contributed by atoms with Crippen molar-refractivity contribution in [3.8, 4) is 0 Å². The number of anilines is 2. The van der Waals surface area contributed by atoms with Gasteiger partial charge >= 0.3 is 5.69 Å². The van der Waals surface area contributed by atoms with E-state index in [-0.39, 0.29) is 23.9 Å². The third-order valence-corrected chi connectivity index (χ3v) is 2.21. The molecule has 8 heteroatoms. The molecule has 0 saturated heterocycles. The topological polar surface area (TPSA) is 120 Å². The number of nitrogen functional groups attached to an aromatic ring is 1. The first-order valence-corrected chi connectivity index (χ1v) is 5.13. The molecule has 0 amide bonds. The molecule has 0 aliphatic heterocycles. The lowest BCUT2D eigenvalue weighted by molar-refractivity contribution is -0.384. The van der Waals surface area contributed by atoms with Crippen molar-refractivity contribution in [3.05, 3.63) is 39.8 Å². The maximum Gasteiger partial charge on any atom is 0.311 e. The summed E-state index contributed by atoms with van der Waals surface area (Å²) in [5.41, 5.74) is 5.99. The summed E-state index contributed by atoms with van der Waals surface area (Å²) < 4.78 is 4.89. The van der Waals surface area contributed by atoms with Gasteiger partial charge in [0.15, 0.2) is 0 Å². The first kappa shape index (κ1) is 11.8. The van der Waals surface area contributed by atoms with Gasteiger partial charge in [0, 0.05) is 12.1 Å². The van der Waals surface area contributed by atoms with E-state index < -0.39 is 4.92 Å². The van der Waals surface area contributed by atoms with Gasteiger partial charge in [-0.05, 0) is 13.0 Å². The Morgan fingerprint density at radius 1 is 1.56 bits per heavy atom. The molecule has 0 unspecified atom stereocenters. The van der Waals surface area contributed by atoms with Gasteiger partial charge in [0.25, 0.3) is 0 Å². The van der Waals surface area contributed by atoms with E-state index in [1.54, 1.807) is 13.0 Å². The molecule has 0 fully saturated rings. The van der Waals surface area contributed by atoms with E-state index >= 15 is 0 Å². The average molecular weight is 249 g/mol. The lowest BCUT2D eigenvalue weighted by Crippen LogP contribution is -2.06. The second-order valence-corrected chi connectivity index (χ2v) is 3.64. The highest BCUT2D eigenvalue weighted by molar-refractivity contribution is 5.59. The summed E-state index contributed by atoms with van der Waals surface area (Å²) in [6.07, 6.45) is 0. The summed E-state index contributed by atoms with van der Waals surface area (Å²) in [6.45, 7) is 2.03. The third kappa shape index (κ3) is 2.54. The van der Waals surface area contributed by atoms with Gasteiger partial charge in [-0.2, -0.15) is 0 Å². The molecule has 0 aromatic carbocycles. The zero-order valence-corrected chi connectivity index (χ0v) is 9.58. The van der Waals surface area contributed by atoms with E-state index in [9.17, 15) is 10.1 Å². The van der Waals surface area contributed by atoms with E-state index in [1.165, 1.54) is 12.1 Å². The molecule has 2 aromatic heterocycles. The number of nitro groups is 1. The molecule has 2 aromatic rings. The molecule has 0 atom stereocenters. The van der Waals surface area contributed by atoms with Crippen LogP contribution in [-0.2, 0) is 6.54 Å². The predicted octanol–water partition coefficient (Wildman–Crippen LogP) is 1.48. The fraction of sp³-hybridized carbons (Fsp3) is 0.200. The molecule has 0 aliphatic rings. The Hall–Kier alpha value is -2.64. The van der Waals surface area contributed by atoms with Gasteiger partial charge in [-0.25, -0.2) is 4.98 Å². The summed E-state index contributed by atoms with van der Waals surface area (Å²) in [7, 11) is 0. The van der Waals surface area contributed by atoms with Crippen LogP contribution in [0.5, 0.6) is 0 Å². The average Bonchev–Trinajstić information content (AvgIpc) is 2.72. The standard InChI is InChI=1S/C10H11N5O3/c1-6-4-7(14-18-6)5-12-10-8(15(16)17)2-3-9(11)13-10/h2-4H,5H2,1H3,(H3,11,12,13). The zero-order valence-electron chi connectivity index (χ0n) is 9.58. The fourth-order valence-corrected chi connectivity index (χ4v) is 1.42. The molecule has 0 bridgehead atoms. The van der Waals surface area contributed by atoms with Crippen LogP contribution in [0.15, 0.2) is 22.7 Å². The highest BCUT2D eigenvalue weighted by Gasteiger charge is 2.15. The van der Waals surface area contributed by atoms with Crippen molar-refractivity contribution in [3.63, 3.8) is 0 Å². The van der Waals surface area contributed by atoms with Crippen molar-refractivity contribution in [1.82, 2.24) is 10.1 Å². The van der Waals surface area contributed by atoms with Crippen LogP contribution in [0.4, 0.5) is 17.3 Å². The number of hydrogen-bond acceptors (Lipinski definition) is 7. The Bertz CT molecular complexity index is 581.